The Morgan fingerprint density at radius 1 is 1.64 bits per heavy atom. The number of aromatic amines is 1. The molecule has 3 heteroatoms. The highest BCUT2D eigenvalue weighted by molar-refractivity contribution is 5.21. The smallest absolute Gasteiger partial charge is 0.285 e. The molecule has 0 aromatic carbocycles. The first-order valence-electron chi connectivity index (χ1n) is 4.09. The number of hydrogen-bond donors (Lipinski definition) is 2. The van der Waals surface area contributed by atoms with Crippen LogP contribution in [0.5, 0.6) is 0 Å². The minimum absolute atomic E-state index is 0.830. The van der Waals surface area contributed by atoms with Crippen molar-refractivity contribution < 1.29 is 4.68 Å². The monoisotopic (exact) mass is 154 g/mol. The molecule has 0 saturated carbocycles. The van der Waals surface area contributed by atoms with Crippen LogP contribution in [-0.4, -0.2) is 5.10 Å². The maximum Gasteiger partial charge on any atom is 0.292 e. The number of nitrogen functional groups attached to an aromatic ring is 1. The number of H-pyrrole nitrogens is 1. The Bertz CT molecular complexity index is 227. The fourth-order valence-corrected chi connectivity index (χ4v) is 1.11. The maximum atomic E-state index is 5.71. The van der Waals surface area contributed by atoms with Gasteiger partial charge in [-0.05, 0) is 13.3 Å². The predicted octanol–water partition coefficient (Wildman–Crippen LogP) is 0.993. The molecule has 0 spiro atoms. The number of nitrogens with one attached hydrogen (secondary N) is 1. The number of unbranched alkanes of at least 4 members (excludes halogenated alkanes) is 1. The summed E-state index contributed by atoms with van der Waals surface area (Å²) in [6.07, 6.45) is 2.37. The minimum Gasteiger partial charge on any atom is -0.285 e. The molecular weight excluding hydrogens is 138 g/mol. The Balaban J connectivity index is 2.62. The molecule has 1 aromatic heterocycles. The van der Waals surface area contributed by atoms with Gasteiger partial charge in [0, 0.05) is 0 Å². The molecule has 0 atom stereocenters. The van der Waals surface area contributed by atoms with E-state index in [1.54, 1.807) is 0 Å². The van der Waals surface area contributed by atoms with Crippen LogP contribution in [0.3, 0.4) is 0 Å². The lowest BCUT2D eigenvalue weighted by Gasteiger charge is -1.94. The van der Waals surface area contributed by atoms with Crippen molar-refractivity contribution in [2.45, 2.75) is 33.2 Å². The summed E-state index contributed by atoms with van der Waals surface area (Å²) in [5.74, 6) is 0.830. The van der Waals surface area contributed by atoms with Crippen LogP contribution >= 0.6 is 0 Å². The Labute approximate surface area is 67.2 Å². The average molecular weight is 154 g/mol. The highest BCUT2D eigenvalue weighted by Crippen LogP contribution is 1.97. The molecule has 62 valence electrons. The summed E-state index contributed by atoms with van der Waals surface area (Å²) in [7, 11) is 0. The van der Waals surface area contributed by atoms with E-state index in [4.69, 9.17) is 5.73 Å². The van der Waals surface area contributed by atoms with E-state index in [-0.39, 0.29) is 0 Å². The van der Waals surface area contributed by atoms with Crippen molar-refractivity contribution in [3.8, 4) is 0 Å². The van der Waals surface area contributed by atoms with Gasteiger partial charge in [0.15, 0.2) is 0 Å². The van der Waals surface area contributed by atoms with Gasteiger partial charge in [0.05, 0.1) is 11.8 Å². The first-order chi connectivity index (χ1) is 5.24. The van der Waals surface area contributed by atoms with Crippen molar-refractivity contribution in [3.05, 3.63) is 11.8 Å². The number of nitrogens with two attached hydrogens (primary N) is 1. The molecule has 0 bridgehead atoms. The molecule has 0 amide bonds. The first kappa shape index (κ1) is 8.11. The third-order valence-electron chi connectivity index (χ3n) is 1.72. The van der Waals surface area contributed by atoms with Gasteiger partial charge >= 0.3 is 0 Å². The van der Waals surface area contributed by atoms with Crippen molar-refractivity contribution in [2.75, 3.05) is 5.73 Å². The van der Waals surface area contributed by atoms with Gasteiger partial charge in [-0.15, -0.1) is 0 Å². The number of aromatic nitrogens is 2. The summed E-state index contributed by atoms with van der Waals surface area (Å²) < 4.78 is 1.98. The lowest BCUT2D eigenvalue weighted by molar-refractivity contribution is -0.737. The number of hydrogen-bond acceptors (Lipinski definition) is 1. The van der Waals surface area contributed by atoms with Gasteiger partial charge in [0.25, 0.3) is 5.82 Å². The molecule has 0 radical (unpaired) electrons. The van der Waals surface area contributed by atoms with Gasteiger partial charge in [-0.25, -0.2) is 5.10 Å². The van der Waals surface area contributed by atoms with Crippen LogP contribution in [0.2, 0.25) is 0 Å². The van der Waals surface area contributed by atoms with Crippen LogP contribution in [0.15, 0.2) is 6.07 Å². The minimum atomic E-state index is 0.830. The summed E-state index contributed by atoms with van der Waals surface area (Å²) in [5.41, 5.74) is 6.84. The summed E-state index contributed by atoms with van der Waals surface area (Å²) in [5, 5.41) is 3.17. The van der Waals surface area contributed by atoms with Gasteiger partial charge in [0.1, 0.15) is 6.54 Å². The molecule has 0 aliphatic heterocycles. The van der Waals surface area contributed by atoms with E-state index in [0.717, 1.165) is 18.1 Å². The van der Waals surface area contributed by atoms with Gasteiger partial charge in [-0.3, -0.25) is 5.73 Å². The highest BCUT2D eigenvalue weighted by atomic mass is 15.3. The van der Waals surface area contributed by atoms with E-state index < -0.39 is 0 Å². The van der Waals surface area contributed by atoms with E-state index in [9.17, 15) is 0 Å². The normalized spacial score (nSPS) is 10.4. The summed E-state index contributed by atoms with van der Waals surface area (Å²) in [6.45, 7) is 5.18. The molecule has 1 aromatic rings. The molecule has 0 saturated heterocycles. The molecule has 0 aliphatic carbocycles. The van der Waals surface area contributed by atoms with Crippen molar-refractivity contribution in [3.63, 3.8) is 0 Å². The number of nitrogens with zero attached hydrogens (tertiary/aromatic N) is 1. The molecule has 1 heterocycles. The third-order valence-corrected chi connectivity index (χ3v) is 1.72. The second kappa shape index (κ2) is 3.42. The largest absolute Gasteiger partial charge is 0.292 e. The fourth-order valence-electron chi connectivity index (χ4n) is 1.11. The predicted molar refractivity (Wildman–Crippen MR) is 45.0 cm³/mol. The first-order valence-corrected chi connectivity index (χ1v) is 4.09. The van der Waals surface area contributed by atoms with Crippen LogP contribution < -0.4 is 10.4 Å². The van der Waals surface area contributed by atoms with Crippen molar-refractivity contribution in [1.29, 1.82) is 0 Å². The average Bonchev–Trinajstić information content (AvgIpc) is 2.26. The number of rotatable bonds is 3. The molecular formula is C8H16N3+. The van der Waals surface area contributed by atoms with Gasteiger partial charge in [-0.1, -0.05) is 13.3 Å². The Morgan fingerprint density at radius 3 is 2.82 bits per heavy atom. The van der Waals surface area contributed by atoms with E-state index in [2.05, 4.69) is 12.0 Å². The zero-order valence-corrected chi connectivity index (χ0v) is 7.22. The molecule has 0 unspecified atom stereocenters. The standard InChI is InChI=1S/C8H15N3/c1-3-4-5-11-8(9)6-7(2)10-11/h6H,3-5H2,1-2H3,(H2,9,10)/p+1. The summed E-state index contributed by atoms with van der Waals surface area (Å²) in [6, 6.07) is 1.95. The van der Waals surface area contributed by atoms with E-state index in [1.165, 1.54) is 12.8 Å². The SMILES string of the molecule is CCCC[n+]1[nH]c(C)cc1N. The number of anilines is 1. The molecule has 3 N–H and O–H groups in total. The van der Waals surface area contributed by atoms with Crippen molar-refractivity contribution in [1.82, 2.24) is 5.10 Å². The molecule has 1 rings (SSSR count). The maximum absolute atomic E-state index is 5.71. The lowest BCUT2D eigenvalue weighted by atomic mass is 10.3. The van der Waals surface area contributed by atoms with Crippen molar-refractivity contribution >= 4 is 5.82 Å². The zero-order chi connectivity index (χ0) is 8.27. The lowest BCUT2D eigenvalue weighted by Crippen LogP contribution is -2.38. The second-order valence-electron chi connectivity index (χ2n) is 2.87. The second-order valence-corrected chi connectivity index (χ2v) is 2.87. The van der Waals surface area contributed by atoms with Crippen LogP contribution in [-0.2, 0) is 6.54 Å². The molecule has 11 heavy (non-hydrogen) atoms. The molecule has 3 nitrogen and oxygen atoms in total. The Kier molecular flexibility index (Phi) is 2.52. The summed E-state index contributed by atoms with van der Waals surface area (Å²) >= 11 is 0. The quantitative estimate of drug-likeness (QED) is 0.627. The van der Waals surface area contributed by atoms with Crippen LogP contribution in [0.25, 0.3) is 0 Å². The number of aryl methyl sites for hydroxylation is 2. The molecule has 0 fully saturated rings. The van der Waals surface area contributed by atoms with Crippen LogP contribution in [0.1, 0.15) is 25.5 Å². The zero-order valence-electron chi connectivity index (χ0n) is 7.22. The fraction of sp³-hybridized carbons (Fsp3) is 0.625. The Hall–Kier alpha value is -0.990. The van der Waals surface area contributed by atoms with Gasteiger partial charge in [0.2, 0.25) is 0 Å². The third kappa shape index (κ3) is 1.97. The Morgan fingerprint density at radius 2 is 2.36 bits per heavy atom. The topological polar surface area (TPSA) is 45.7 Å². The van der Waals surface area contributed by atoms with Gasteiger partial charge < -0.3 is 0 Å². The van der Waals surface area contributed by atoms with E-state index in [1.807, 2.05) is 17.7 Å². The summed E-state index contributed by atoms with van der Waals surface area (Å²) in [4.78, 5) is 0. The van der Waals surface area contributed by atoms with Gasteiger partial charge in [-0.2, -0.15) is 4.68 Å². The van der Waals surface area contributed by atoms with E-state index >= 15 is 0 Å². The van der Waals surface area contributed by atoms with Crippen LogP contribution in [0.4, 0.5) is 5.82 Å². The molecule has 0 aliphatic rings. The highest BCUT2D eigenvalue weighted by Gasteiger charge is 2.05. The van der Waals surface area contributed by atoms with Crippen molar-refractivity contribution in [2.24, 2.45) is 0 Å². The van der Waals surface area contributed by atoms with Crippen LogP contribution in [0, 0.1) is 6.92 Å². The van der Waals surface area contributed by atoms with E-state index in [0.29, 0.717) is 0 Å².